The van der Waals surface area contributed by atoms with E-state index in [1.165, 1.54) is 11.1 Å². The summed E-state index contributed by atoms with van der Waals surface area (Å²) in [4.78, 5) is 26.6. The van der Waals surface area contributed by atoms with E-state index in [9.17, 15) is 4.79 Å². The summed E-state index contributed by atoms with van der Waals surface area (Å²) >= 11 is 0. The number of hydrogen-bond donors (Lipinski definition) is 1. The molecule has 3 heterocycles. The van der Waals surface area contributed by atoms with Gasteiger partial charge in [0.25, 0.3) is 5.91 Å². The highest BCUT2D eigenvalue weighted by molar-refractivity contribution is 5.99. The lowest BCUT2D eigenvalue weighted by molar-refractivity contribution is 0.0995. The zero-order valence-electron chi connectivity index (χ0n) is 19.1. The minimum atomic E-state index is -0.510. The first-order valence-corrected chi connectivity index (χ1v) is 11.5. The molecule has 2 aromatic heterocycles. The summed E-state index contributed by atoms with van der Waals surface area (Å²) in [6, 6.07) is 18.5. The number of benzene rings is 2. The van der Waals surface area contributed by atoms with Crippen LogP contribution in [0.5, 0.6) is 0 Å². The van der Waals surface area contributed by atoms with Crippen molar-refractivity contribution in [1.82, 2.24) is 19.3 Å². The SMILES string of the molecule is C=CCN1CCN(c2nccn3c(C(N)=O)c(-c4ccc(Cc5ccccc5)cc4)nc23)CC1. The van der Waals surface area contributed by atoms with Gasteiger partial charge in [-0.15, -0.1) is 6.58 Å². The Labute approximate surface area is 199 Å². The molecule has 0 spiro atoms. The van der Waals surface area contributed by atoms with Gasteiger partial charge in [-0.2, -0.15) is 0 Å². The predicted molar refractivity (Wildman–Crippen MR) is 135 cm³/mol. The standard InChI is InChI=1S/C27H28N6O/c1-2-13-31-15-17-32(18-16-31)26-27-30-23(24(25(28)34)33(27)14-12-29-26)22-10-8-21(9-11-22)19-20-6-4-3-5-7-20/h2-12,14H,1,13,15-19H2,(H2,28,34). The number of primary amides is 1. The Bertz CT molecular complexity index is 1300. The summed E-state index contributed by atoms with van der Waals surface area (Å²) in [7, 11) is 0. The van der Waals surface area contributed by atoms with Crippen molar-refractivity contribution < 1.29 is 4.79 Å². The summed E-state index contributed by atoms with van der Waals surface area (Å²) in [5.41, 5.74) is 10.7. The van der Waals surface area contributed by atoms with Gasteiger partial charge >= 0.3 is 0 Å². The minimum Gasteiger partial charge on any atom is -0.364 e. The molecule has 172 valence electrons. The van der Waals surface area contributed by atoms with Crippen molar-refractivity contribution in [3.05, 3.63) is 96.5 Å². The summed E-state index contributed by atoms with van der Waals surface area (Å²) < 4.78 is 1.77. The highest BCUT2D eigenvalue weighted by atomic mass is 16.1. The van der Waals surface area contributed by atoms with Crippen LogP contribution in [-0.2, 0) is 6.42 Å². The van der Waals surface area contributed by atoms with Crippen LogP contribution in [0.4, 0.5) is 5.82 Å². The molecule has 0 aliphatic carbocycles. The molecule has 5 rings (SSSR count). The van der Waals surface area contributed by atoms with Crippen LogP contribution in [0.3, 0.4) is 0 Å². The van der Waals surface area contributed by atoms with Crippen LogP contribution in [0.1, 0.15) is 21.6 Å². The Morgan fingerprint density at radius 1 is 1.00 bits per heavy atom. The number of hydrogen-bond acceptors (Lipinski definition) is 5. The summed E-state index contributed by atoms with van der Waals surface area (Å²) in [5, 5.41) is 0. The largest absolute Gasteiger partial charge is 0.364 e. The topological polar surface area (TPSA) is 79.8 Å². The Morgan fingerprint density at radius 2 is 1.71 bits per heavy atom. The first-order chi connectivity index (χ1) is 16.6. The lowest BCUT2D eigenvalue weighted by Gasteiger charge is -2.34. The van der Waals surface area contributed by atoms with Crippen molar-refractivity contribution in [3.8, 4) is 11.3 Å². The Morgan fingerprint density at radius 3 is 2.38 bits per heavy atom. The van der Waals surface area contributed by atoms with Crippen molar-refractivity contribution in [1.29, 1.82) is 0 Å². The minimum absolute atomic E-state index is 0.375. The van der Waals surface area contributed by atoms with E-state index in [4.69, 9.17) is 10.7 Å². The number of nitrogens with two attached hydrogens (primary N) is 1. The smallest absolute Gasteiger partial charge is 0.268 e. The van der Waals surface area contributed by atoms with E-state index in [2.05, 4.69) is 45.6 Å². The first kappa shape index (κ1) is 21.9. The van der Waals surface area contributed by atoms with Crippen molar-refractivity contribution in [2.24, 2.45) is 5.73 Å². The van der Waals surface area contributed by atoms with Crippen molar-refractivity contribution in [2.75, 3.05) is 37.6 Å². The van der Waals surface area contributed by atoms with Gasteiger partial charge in [-0.25, -0.2) is 9.97 Å². The Kier molecular flexibility index (Phi) is 6.10. The molecule has 0 atom stereocenters. The van der Waals surface area contributed by atoms with Gasteiger partial charge in [0.05, 0.1) is 0 Å². The Balaban J connectivity index is 1.48. The van der Waals surface area contributed by atoms with Crippen LogP contribution in [-0.4, -0.2) is 57.9 Å². The molecule has 1 aliphatic rings. The van der Waals surface area contributed by atoms with Gasteiger partial charge in [0.15, 0.2) is 11.5 Å². The quantitative estimate of drug-likeness (QED) is 0.435. The zero-order valence-corrected chi connectivity index (χ0v) is 19.1. The monoisotopic (exact) mass is 452 g/mol. The zero-order chi connectivity index (χ0) is 23.5. The van der Waals surface area contributed by atoms with E-state index >= 15 is 0 Å². The second-order valence-corrected chi connectivity index (χ2v) is 8.55. The van der Waals surface area contributed by atoms with Crippen LogP contribution in [0.2, 0.25) is 0 Å². The molecule has 2 aromatic carbocycles. The highest BCUT2D eigenvalue weighted by Crippen LogP contribution is 2.29. The van der Waals surface area contributed by atoms with Crippen LogP contribution in [0.15, 0.2) is 79.6 Å². The number of anilines is 1. The molecule has 34 heavy (non-hydrogen) atoms. The number of imidazole rings is 1. The average molecular weight is 453 g/mol. The van der Waals surface area contributed by atoms with Gasteiger partial charge in [-0.05, 0) is 17.5 Å². The fourth-order valence-corrected chi connectivity index (χ4v) is 4.56. The summed E-state index contributed by atoms with van der Waals surface area (Å²) in [6.07, 6.45) is 6.24. The van der Waals surface area contributed by atoms with Gasteiger partial charge in [-0.1, -0.05) is 60.7 Å². The molecule has 0 unspecified atom stereocenters. The fourth-order valence-electron chi connectivity index (χ4n) is 4.56. The first-order valence-electron chi connectivity index (χ1n) is 11.5. The number of piperazine rings is 1. The molecular formula is C27H28N6O. The molecular weight excluding hydrogens is 424 g/mol. The third-order valence-corrected chi connectivity index (χ3v) is 6.29. The van der Waals surface area contributed by atoms with E-state index in [1.807, 2.05) is 36.4 Å². The van der Waals surface area contributed by atoms with Gasteiger partial charge in [0, 0.05) is 50.7 Å². The highest BCUT2D eigenvalue weighted by Gasteiger charge is 2.24. The molecule has 7 nitrogen and oxygen atoms in total. The molecule has 4 aromatic rings. The van der Waals surface area contributed by atoms with Gasteiger partial charge in [0.2, 0.25) is 0 Å². The van der Waals surface area contributed by atoms with Crippen molar-refractivity contribution >= 4 is 17.4 Å². The molecule has 1 aliphatic heterocycles. The van der Waals surface area contributed by atoms with E-state index in [0.29, 0.717) is 17.0 Å². The van der Waals surface area contributed by atoms with Gasteiger partial charge in [-0.3, -0.25) is 14.1 Å². The molecule has 0 saturated carbocycles. The molecule has 7 heteroatoms. The predicted octanol–water partition coefficient (Wildman–Crippen LogP) is 3.39. The number of carbonyl (C=O) groups excluding carboxylic acids is 1. The number of aromatic nitrogens is 3. The van der Waals surface area contributed by atoms with E-state index < -0.39 is 5.91 Å². The second-order valence-electron chi connectivity index (χ2n) is 8.55. The number of amides is 1. The van der Waals surface area contributed by atoms with Gasteiger partial charge < -0.3 is 10.6 Å². The van der Waals surface area contributed by atoms with Crippen LogP contribution in [0.25, 0.3) is 16.9 Å². The number of carbonyl (C=O) groups is 1. The molecule has 1 fully saturated rings. The van der Waals surface area contributed by atoms with Crippen molar-refractivity contribution in [2.45, 2.75) is 6.42 Å². The van der Waals surface area contributed by atoms with Crippen LogP contribution < -0.4 is 10.6 Å². The van der Waals surface area contributed by atoms with E-state index in [1.54, 1.807) is 16.8 Å². The molecule has 1 saturated heterocycles. The molecule has 0 bridgehead atoms. The van der Waals surface area contributed by atoms with E-state index in [-0.39, 0.29) is 0 Å². The number of fused-ring (bicyclic) bond motifs is 1. The normalized spacial score (nSPS) is 14.4. The molecule has 1 amide bonds. The van der Waals surface area contributed by atoms with Gasteiger partial charge in [0.1, 0.15) is 11.4 Å². The number of nitrogens with zero attached hydrogens (tertiary/aromatic N) is 5. The summed E-state index contributed by atoms with van der Waals surface area (Å²) in [5.74, 6) is 0.263. The maximum Gasteiger partial charge on any atom is 0.268 e. The molecule has 2 N–H and O–H groups in total. The lowest BCUT2D eigenvalue weighted by Crippen LogP contribution is -2.46. The third kappa shape index (κ3) is 4.30. The van der Waals surface area contributed by atoms with Crippen molar-refractivity contribution in [3.63, 3.8) is 0 Å². The average Bonchev–Trinajstić information content (AvgIpc) is 3.26. The third-order valence-electron chi connectivity index (χ3n) is 6.29. The second kappa shape index (κ2) is 9.49. The van der Waals surface area contributed by atoms with E-state index in [0.717, 1.165) is 50.5 Å². The fraction of sp³-hybridized carbons (Fsp3) is 0.222. The lowest BCUT2D eigenvalue weighted by atomic mass is 10.0. The molecule has 0 radical (unpaired) electrons. The Hall–Kier alpha value is -3.97. The maximum atomic E-state index is 12.5. The van der Waals surface area contributed by atoms with Crippen LogP contribution >= 0.6 is 0 Å². The summed E-state index contributed by atoms with van der Waals surface area (Å²) in [6.45, 7) is 8.23. The maximum absolute atomic E-state index is 12.5. The van der Waals surface area contributed by atoms with Crippen LogP contribution in [0, 0.1) is 0 Å². The number of rotatable bonds is 7.